The topological polar surface area (TPSA) is 66.9 Å². The molecule has 0 radical (unpaired) electrons. The number of amides is 2. The Balaban J connectivity index is 1.44. The van der Waals surface area contributed by atoms with Gasteiger partial charge in [-0.15, -0.1) is 0 Å². The van der Waals surface area contributed by atoms with Gasteiger partial charge in [0.25, 0.3) is 0 Å². The van der Waals surface area contributed by atoms with Gasteiger partial charge in [0.1, 0.15) is 0 Å². The van der Waals surface area contributed by atoms with Crippen molar-refractivity contribution in [2.75, 3.05) is 51.8 Å². The molecule has 1 N–H and O–H groups in total. The van der Waals surface area contributed by atoms with Crippen molar-refractivity contribution in [2.45, 2.75) is 6.04 Å². The van der Waals surface area contributed by atoms with E-state index in [2.05, 4.69) is 15.2 Å². The Morgan fingerprint density at radius 2 is 2.20 bits per heavy atom. The number of hydrogen-bond acceptors (Lipinski definition) is 5. The van der Waals surface area contributed by atoms with Gasteiger partial charge < -0.3 is 19.7 Å². The summed E-state index contributed by atoms with van der Waals surface area (Å²) in [6.45, 7) is 4.81. The van der Waals surface area contributed by atoms with E-state index in [1.807, 2.05) is 35.2 Å². The zero-order valence-corrected chi connectivity index (χ0v) is 14.3. The van der Waals surface area contributed by atoms with E-state index in [1.165, 1.54) is 0 Å². The average molecular weight is 342 g/mol. The van der Waals surface area contributed by atoms with Gasteiger partial charge in [-0.2, -0.15) is 0 Å². The third-order valence-corrected chi connectivity index (χ3v) is 4.85. The number of anilines is 1. The van der Waals surface area contributed by atoms with Crippen molar-refractivity contribution in [2.24, 2.45) is 0 Å². The van der Waals surface area contributed by atoms with Crippen LogP contribution in [0.25, 0.3) is 10.9 Å². The lowest BCUT2D eigenvalue weighted by molar-refractivity contribution is -0.0355. The molecule has 2 aliphatic heterocycles. The highest BCUT2D eigenvalue weighted by atomic mass is 16.5. The minimum Gasteiger partial charge on any atom is -0.481 e. The molecule has 0 aliphatic carbocycles. The van der Waals surface area contributed by atoms with Crippen LogP contribution in [0.4, 0.5) is 10.5 Å². The number of nitrogens with one attached hydrogen (secondary N) is 1. The van der Waals surface area contributed by atoms with Crippen LogP contribution in [-0.4, -0.2) is 73.4 Å². The Labute approximate surface area is 146 Å². The van der Waals surface area contributed by atoms with Crippen LogP contribution in [0.3, 0.4) is 0 Å². The van der Waals surface area contributed by atoms with Crippen molar-refractivity contribution in [3.63, 3.8) is 0 Å². The van der Waals surface area contributed by atoms with E-state index >= 15 is 0 Å². The van der Waals surface area contributed by atoms with Crippen LogP contribution in [0.15, 0.2) is 30.3 Å². The molecule has 132 valence electrons. The maximum absolute atomic E-state index is 12.6. The molecule has 25 heavy (non-hydrogen) atoms. The summed E-state index contributed by atoms with van der Waals surface area (Å²) in [5.74, 6) is 0.580. The number of methoxy groups -OCH3 is 1. The normalized spacial score (nSPS) is 21.0. The number of hydrogen-bond donors (Lipinski definition) is 1. The number of carbonyl (C=O) groups excluding carboxylic acids is 1. The minimum atomic E-state index is -0.0638. The highest BCUT2D eigenvalue weighted by molar-refractivity contribution is 5.92. The van der Waals surface area contributed by atoms with Crippen molar-refractivity contribution in [3.05, 3.63) is 30.3 Å². The van der Waals surface area contributed by atoms with Gasteiger partial charge in [-0.05, 0) is 24.3 Å². The molecule has 0 bridgehead atoms. The van der Waals surface area contributed by atoms with Crippen molar-refractivity contribution < 1.29 is 14.3 Å². The SMILES string of the molecule is COc1ccc2cc(NC(=O)N3CCN4CCOC[C@H]4C3)ccc2n1. The second kappa shape index (κ2) is 6.85. The van der Waals surface area contributed by atoms with Gasteiger partial charge in [-0.3, -0.25) is 4.90 Å². The molecule has 7 nitrogen and oxygen atoms in total. The molecule has 1 atom stereocenters. The predicted molar refractivity (Wildman–Crippen MR) is 95.1 cm³/mol. The van der Waals surface area contributed by atoms with E-state index in [-0.39, 0.29) is 6.03 Å². The fourth-order valence-corrected chi connectivity index (χ4v) is 3.43. The molecule has 1 aromatic heterocycles. The Hall–Kier alpha value is -2.38. The Morgan fingerprint density at radius 3 is 3.08 bits per heavy atom. The molecule has 2 fully saturated rings. The molecular formula is C18H22N4O3. The van der Waals surface area contributed by atoms with Gasteiger partial charge in [0.05, 0.1) is 31.9 Å². The Bertz CT molecular complexity index is 782. The molecule has 2 saturated heterocycles. The third kappa shape index (κ3) is 3.38. The summed E-state index contributed by atoms with van der Waals surface area (Å²) in [5.41, 5.74) is 1.61. The van der Waals surface area contributed by atoms with Gasteiger partial charge in [0.15, 0.2) is 0 Å². The number of rotatable bonds is 2. The Kier molecular flexibility index (Phi) is 4.42. The van der Waals surface area contributed by atoms with Gasteiger partial charge in [-0.1, -0.05) is 0 Å². The smallest absolute Gasteiger partial charge is 0.321 e. The number of morpholine rings is 1. The van der Waals surface area contributed by atoms with Gasteiger partial charge in [0.2, 0.25) is 5.88 Å². The fraction of sp³-hybridized carbons (Fsp3) is 0.444. The first-order valence-corrected chi connectivity index (χ1v) is 8.55. The number of benzene rings is 1. The maximum Gasteiger partial charge on any atom is 0.321 e. The minimum absolute atomic E-state index is 0.0638. The van der Waals surface area contributed by atoms with Crippen LogP contribution in [0.2, 0.25) is 0 Å². The number of nitrogens with zero attached hydrogens (tertiary/aromatic N) is 3. The van der Waals surface area contributed by atoms with Crippen molar-refractivity contribution in [3.8, 4) is 5.88 Å². The summed E-state index contributed by atoms with van der Waals surface area (Å²) < 4.78 is 10.7. The number of piperazine rings is 1. The van der Waals surface area contributed by atoms with Gasteiger partial charge >= 0.3 is 6.03 Å². The molecule has 2 amide bonds. The average Bonchev–Trinajstić information content (AvgIpc) is 2.67. The lowest BCUT2D eigenvalue weighted by Gasteiger charge is -2.43. The second-order valence-corrected chi connectivity index (χ2v) is 6.40. The van der Waals surface area contributed by atoms with E-state index in [4.69, 9.17) is 9.47 Å². The maximum atomic E-state index is 12.6. The lowest BCUT2D eigenvalue weighted by atomic mass is 10.1. The summed E-state index contributed by atoms with van der Waals surface area (Å²) in [6.07, 6.45) is 0. The van der Waals surface area contributed by atoms with E-state index in [9.17, 15) is 4.79 Å². The van der Waals surface area contributed by atoms with Gasteiger partial charge in [-0.25, -0.2) is 9.78 Å². The zero-order valence-electron chi connectivity index (χ0n) is 14.3. The first-order valence-electron chi connectivity index (χ1n) is 8.55. The van der Waals surface area contributed by atoms with Crippen LogP contribution in [-0.2, 0) is 4.74 Å². The largest absolute Gasteiger partial charge is 0.481 e. The van der Waals surface area contributed by atoms with E-state index in [0.29, 0.717) is 25.1 Å². The number of carbonyl (C=O) groups is 1. The molecule has 1 aromatic carbocycles. The van der Waals surface area contributed by atoms with Crippen LogP contribution in [0.1, 0.15) is 0 Å². The Morgan fingerprint density at radius 1 is 1.28 bits per heavy atom. The summed E-state index contributed by atoms with van der Waals surface area (Å²) >= 11 is 0. The van der Waals surface area contributed by atoms with Crippen molar-refractivity contribution in [1.29, 1.82) is 0 Å². The molecule has 2 aliphatic rings. The van der Waals surface area contributed by atoms with E-state index in [0.717, 1.165) is 42.8 Å². The summed E-state index contributed by atoms with van der Waals surface area (Å²) in [4.78, 5) is 21.3. The molecule has 2 aromatic rings. The third-order valence-electron chi connectivity index (χ3n) is 4.85. The van der Waals surface area contributed by atoms with E-state index in [1.54, 1.807) is 7.11 Å². The molecule has 7 heteroatoms. The second-order valence-electron chi connectivity index (χ2n) is 6.40. The van der Waals surface area contributed by atoms with Crippen LogP contribution in [0.5, 0.6) is 5.88 Å². The summed E-state index contributed by atoms with van der Waals surface area (Å²) in [7, 11) is 1.60. The van der Waals surface area contributed by atoms with Crippen molar-refractivity contribution in [1.82, 2.24) is 14.8 Å². The lowest BCUT2D eigenvalue weighted by Crippen LogP contribution is -2.59. The number of ether oxygens (including phenoxy) is 2. The molecule has 4 rings (SSSR count). The van der Waals surface area contributed by atoms with Crippen molar-refractivity contribution >= 4 is 22.6 Å². The zero-order chi connectivity index (χ0) is 17.2. The van der Waals surface area contributed by atoms with E-state index < -0.39 is 0 Å². The predicted octanol–water partition coefficient (Wildman–Crippen LogP) is 1.79. The molecule has 3 heterocycles. The molecular weight excluding hydrogens is 320 g/mol. The van der Waals surface area contributed by atoms with Crippen LogP contribution < -0.4 is 10.1 Å². The number of urea groups is 1. The highest BCUT2D eigenvalue weighted by Gasteiger charge is 2.31. The first kappa shape index (κ1) is 16.1. The fourth-order valence-electron chi connectivity index (χ4n) is 3.43. The van der Waals surface area contributed by atoms with Gasteiger partial charge in [0, 0.05) is 43.3 Å². The quantitative estimate of drug-likeness (QED) is 0.901. The number of aromatic nitrogens is 1. The molecule has 0 saturated carbocycles. The summed E-state index contributed by atoms with van der Waals surface area (Å²) in [6, 6.07) is 9.69. The summed E-state index contributed by atoms with van der Waals surface area (Å²) in [5, 5.41) is 3.96. The molecule has 0 unspecified atom stereocenters. The van der Waals surface area contributed by atoms with Crippen LogP contribution in [0, 0.1) is 0 Å². The van der Waals surface area contributed by atoms with Crippen LogP contribution >= 0.6 is 0 Å². The highest BCUT2D eigenvalue weighted by Crippen LogP contribution is 2.21. The monoisotopic (exact) mass is 342 g/mol. The first-order chi connectivity index (χ1) is 12.2. The number of fused-ring (bicyclic) bond motifs is 2. The molecule has 0 spiro atoms. The standard InChI is InChI=1S/C18H22N4O3/c1-24-17-5-2-13-10-14(3-4-16(13)20-17)19-18(23)22-7-6-21-8-9-25-12-15(21)11-22/h2-5,10,15H,6-9,11-12H2,1H3,(H,19,23)/t15-/m1/s1. The number of pyridine rings is 1.